The van der Waals surface area contributed by atoms with E-state index in [2.05, 4.69) is 44.6 Å². The Bertz CT molecular complexity index is 95.2. The molecule has 0 heterocycles. The Kier molecular flexibility index (Phi) is 9.03. The molecule has 63 valence electrons. The van der Waals surface area contributed by atoms with E-state index >= 15 is 0 Å². The van der Waals surface area contributed by atoms with Crippen molar-refractivity contribution in [2.45, 2.75) is 39.5 Å². The maximum atomic E-state index is 2.25. The molecule has 0 aliphatic carbocycles. The van der Waals surface area contributed by atoms with Crippen LogP contribution < -0.4 is 0 Å². The van der Waals surface area contributed by atoms with Crippen LogP contribution in [0.25, 0.3) is 0 Å². The minimum atomic E-state index is 1.14. The Labute approximate surface area is 71.0 Å². The van der Waals surface area contributed by atoms with Crippen LogP contribution in [0.1, 0.15) is 39.5 Å². The molecule has 0 heteroatoms. The first-order valence-corrected chi connectivity index (χ1v) is 4.55. The molecule has 0 N–H and O–H groups in total. The first-order valence-electron chi connectivity index (χ1n) is 4.55. The standard InChI is InChI=1S/C11H19/c1-3-5-7-9-11-10-8-6-4-2/h5-9H,3-4,10-11H2,1-2H3. The van der Waals surface area contributed by atoms with Crippen LogP contribution in [0, 0.1) is 6.42 Å². The first-order chi connectivity index (χ1) is 5.41. The molecule has 0 spiro atoms. The third kappa shape index (κ3) is 9.48. The number of hydrogen-bond donors (Lipinski definition) is 0. The van der Waals surface area contributed by atoms with E-state index in [1.54, 1.807) is 0 Å². The van der Waals surface area contributed by atoms with Gasteiger partial charge in [0, 0.05) is 0 Å². The number of allylic oxidation sites excluding steroid dienone is 4. The van der Waals surface area contributed by atoms with Gasteiger partial charge in [0.05, 0.1) is 0 Å². The van der Waals surface area contributed by atoms with Gasteiger partial charge >= 0.3 is 0 Å². The van der Waals surface area contributed by atoms with Crippen LogP contribution in [0.2, 0.25) is 0 Å². The summed E-state index contributed by atoms with van der Waals surface area (Å²) in [6.45, 7) is 4.32. The Balaban J connectivity index is 3.02. The Morgan fingerprint density at radius 3 is 2.18 bits per heavy atom. The van der Waals surface area contributed by atoms with Crippen molar-refractivity contribution in [3.63, 3.8) is 0 Å². The second-order valence-corrected chi connectivity index (χ2v) is 2.53. The highest BCUT2D eigenvalue weighted by atomic mass is 13.8. The Morgan fingerprint density at radius 1 is 0.818 bits per heavy atom. The number of rotatable bonds is 6. The van der Waals surface area contributed by atoms with Crippen LogP contribution in [0.15, 0.2) is 24.3 Å². The number of unbranched alkanes of at least 4 members (excludes halogenated alkanes) is 2. The minimum absolute atomic E-state index is 1.14. The molecule has 0 aromatic rings. The highest BCUT2D eigenvalue weighted by Gasteiger charge is 1.79. The van der Waals surface area contributed by atoms with E-state index in [0.717, 1.165) is 12.8 Å². The van der Waals surface area contributed by atoms with Crippen molar-refractivity contribution in [1.82, 2.24) is 0 Å². The van der Waals surface area contributed by atoms with Gasteiger partial charge in [-0.25, -0.2) is 0 Å². The van der Waals surface area contributed by atoms with Gasteiger partial charge in [0.2, 0.25) is 0 Å². The lowest BCUT2D eigenvalue weighted by atomic mass is 10.2. The molecule has 1 radical (unpaired) electrons. The fraction of sp³-hybridized carbons (Fsp3) is 0.545. The summed E-state index contributed by atoms with van der Waals surface area (Å²) in [6, 6.07) is 0. The van der Waals surface area contributed by atoms with E-state index in [4.69, 9.17) is 0 Å². The van der Waals surface area contributed by atoms with Crippen molar-refractivity contribution in [3.05, 3.63) is 30.7 Å². The van der Waals surface area contributed by atoms with Crippen LogP contribution in [0.4, 0.5) is 0 Å². The molecule has 0 aliphatic heterocycles. The minimum Gasteiger partial charge on any atom is -0.0888 e. The summed E-state index contributed by atoms with van der Waals surface area (Å²) in [5, 5.41) is 0. The van der Waals surface area contributed by atoms with Crippen molar-refractivity contribution in [3.8, 4) is 0 Å². The normalized spacial score (nSPS) is 11.8. The zero-order chi connectivity index (χ0) is 8.36. The van der Waals surface area contributed by atoms with Gasteiger partial charge in [-0.1, -0.05) is 38.2 Å². The summed E-state index contributed by atoms with van der Waals surface area (Å²) in [6.07, 6.45) is 15.7. The summed E-state index contributed by atoms with van der Waals surface area (Å²) >= 11 is 0. The lowest BCUT2D eigenvalue weighted by Crippen LogP contribution is -1.69. The van der Waals surface area contributed by atoms with Gasteiger partial charge in [0.1, 0.15) is 0 Å². The average molecular weight is 151 g/mol. The van der Waals surface area contributed by atoms with Gasteiger partial charge < -0.3 is 0 Å². The molecule has 0 atom stereocenters. The van der Waals surface area contributed by atoms with Crippen LogP contribution in [0.5, 0.6) is 0 Å². The van der Waals surface area contributed by atoms with Crippen molar-refractivity contribution in [2.24, 2.45) is 0 Å². The molecule has 0 rings (SSSR count). The molecule has 0 saturated heterocycles. The SMILES string of the molecule is CCC=C[CH]CCC=CCC. The maximum absolute atomic E-state index is 2.25. The maximum Gasteiger partial charge on any atom is -0.0167 e. The molecule has 0 nitrogen and oxygen atoms in total. The predicted molar refractivity (Wildman–Crippen MR) is 52.4 cm³/mol. The van der Waals surface area contributed by atoms with Crippen LogP contribution >= 0.6 is 0 Å². The van der Waals surface area contributed by atoms with E-state index in [1.165, 1.54) is 12.8 Å². The van der Waals surface area contributed by atoms with Gasteiger partial charge in [-0.2, -0.15) is 0 Å². The zero-order valence-electron chi connectivity index (χ0n) is 7.72. The Hall–Kier alpha value is -0.520. The summed E-state index contributed by atoms with van der Waals surface area (Å²) < 4.78 is 0. The lowest BCUT2D eigenvalue weighted by molar-refractivity contribution is 0.991. The van der Waals surface area contributed by atoms with E-state index in [9.17, 15) is 0 Å². The van der Waals surface area contributed by atoms with Gasteiger partial charge in [-0.15, -0.1) is 0 Å². The van der Waals surface area contributed by atoms with E-state index in [-0.39, 0.29) is 0 Å². The molecule has 0 unspecified atom stereocenters. The van der Waals surface area contributed by atoms with Crippen LogP contribution in [-0.2, 0) is 0 Å². The number of hydrogen-bond acceptors (Lipinski definition) is 0. The molecular weight excluding hydrogens is 132 g/mol. The monoisotopic (exact) mass is 151 g/mol. The molecular formula is C11H19. The van der Waals surface area contributed by atoms with Crippen molar-refractivity contribution in [1.29, 1.82) is 0 Å². The second-order valence-electron chi connectivity index (χ2n) is 2.53. The van der Waals surface area contributed by atoms with E-state index < -0.39 is 0 Å². The zero-order valence-corrected chi connectivity index (χ0v) is 7.72. The Morgan fingerprint density at radius 2 is 1.55 bits per heavy atom. The van der Waals surface area contributed by atoms with E-state index in [1.807, 2.05) is 0 Å². The van der Waals surface area contributed by atoms with Gasteiger partial charge in [-0.3, -0.25) is 0 Å². The summed E-state index contributed by atoms with van der Waals surface area (Å²) in [7, 11) is 0. The molecule has 0 aromatic carbocycles. The highest BCUT2D eigenvalue weighted by Crippen LogP contribution is 1.97. The fourth-order valence-corrected chi connectivity index (χ4v) is 0.806. The molecule has 0 fully saturated rings. The summed E-state index contributed by atoms with van der Waals surface area (Å²) in [5.41, 5.74) is 0. The first kappa shape index (κ1) is 10.5. The molecule has 0 aromatic heterocycles. The van der Waals surface area contributed by atoms with Gasteiger partial charge in [0.15, 0.2) is 0 Å². The largest absolute Gasteiger partial charge is 0.0888 e. The lowest BCUT2D eigenvalue weighted by Gasteiger charge is -1.88. The predicted octanol–water partition coefficient (Wildman–Crippen LogP) is 3.90. The molecule has 0 saturated carbocycles. The van der Waals surface area contributed by atoms with Crippen LogP contribution in [-0.4, -0.2) is 0 Å². The fourth-order valence-electron chi connectivity index (χ4n) is 0.806. The molecule has 11 heavy (non-hydrogen) atoms. The van der Waals surface area contributed by atoms with Crippen LogP contribution in [0.3, 0.4) is 0 Å². The smallest absolute Gasteiger partial charge is 0.0167 e. The van der Waals surface area contributed by atoms with Gasteiger partial charge in [0.25, 0.3) is 0 Å². The third-order valence-corrected chi connectivity index (χ3v) is 1.41. The van der Waals surface area contributed by atoms with E-state index in [0.29, 0.717) is 0 Å². The van der Waals surface area contributed by atoms with Gasteiger partial charge in [-0.05, 0) is 32.1 Å². The van der Waals surface area contributed by atoms with Crippen molar-refractivity contribution < 1.29 is 0 Å². The summed E-state index contributed by atoms with van der Waals surface area (Å²) in [4.78, 5) is 0. The van der Waals surface area contributed by atoms with Crippen molar-refractivity contribution >= 4 is 0 Å². The second kappa shape index (κ2) is 9.48. The quantitative estimate of drug-likeness (QED) is 0.399. The molecule has 0 amide bonds. The summed E-state index contributed by atoms with van der Waals surface area (Å²) in [5.74, 6) is 0. The molecule has 0 bridgehead atoms. The highest BCUT2D eigenvalue weighted by molar-refractivity contribution is 4.95. The van der Waals surface area contributed by atoms with Crippen molar-refractivity contribution in [2.75, 3.05) is 0 Å². The average Bonchev–Trinajstić information content (AvgIpc) is 2.03. The topological polar surface area (TPSA) is 0 Å². The third-order valence-electron chi connectivity index (χ3n) is 1.41. The molecule has 0 aliphatic rings.